The monoisotopic (exact) mass is 397 g/mol. The van der Waals surface area contributed by atoms with Gasteiger partial charge in [-0.05, 0) is 30.5 Å². The average Bonchev–Trinajstić information content (AvgIpc) is 2.73. The van der Waals surface area contributed by atoms with Crippen LogP contribution in [0.5, 0.6) is 5.75 Å². The zero-order valence-electron chi connectivity index (χ0n) is 17.7. The molecule has 0 heterocycles. The number of nitrogens with zero attached hydrogens (tertiary/aromatic N) is 1. The lowest BCUT2D eigenvalue weighted by Gasteiger charge is -2.19. The van der Waals surface area contributed by atoms with E-state index in [-0.39, 0.29) is 17.5 Å². The van der Waals surface area contributed by atoms with Crippen molar-refractivity contribution in [1.29, 1.82) is 5.26 Å². The molecule has 1 amide bonds. The first-order valence-corrected chi connectivity index (χ1v) is 11.0. The molecular formula is C24H35N3O2. The van der Waals surface area contributed by atoms with Gasteiger partial charge in [0, 0.05) is 18.8 Å². The summed E-state index contributed by atoms with van der Waals surface area (Å²) in [5.41, 5.74) is 1.18. The SMILES string of the molecule is COc1ccc(CN/C=C(/C#N)C(=O)NC2CCCCCCCCCCC2)cc1. The number of carbonyl (C=O) groups is 1. The largest absolute Gasteiger partial charge is 0.497 e. The van der Waals surface area contributed by atoms with Gasteiger partial charge in [-0.1, -0.05) is 69.9 Å². The number of rotatable bonds is 6. The van der Waals surface area contributed by atoms with Gasteiger partial charge in [0.1, 0.15) is 17.4 Å². The van der Waals surface area contributed by atoms with Gasteiger partial charge in [0.2, 0.25) is 0 Å². The van der Waals surface area contributed by atoms with Gasteiger partial charge in [0.15, 0.2) is 0 Å². The Morgan fingerprint density at radius 3 is 2.10 bits per heavy atom. The summed E-state index contributed by atoms with van der Waals surface area (Å²) < 4.78 is 5.15. The summed E-state index contributed by atoms with van der Waals surface area (Å²) in [6.45, 7) is 0.548. The van der Waals surface area contributed by atoms with Crippen molar-refractivity contribution < 1.29 is 9.53 Å². The molecule has 1 saturated carbocycles. The molecule has 0 saturated heterocycles. The van der Waals surface area contributed by atoms with Gasteiger partial charge in [0.25, 0.3) is 5.91 Å². The quantitative estimate of drug-likeness (QED) is 0.524. The molecule has 1 aliphatic carbocycles. The number of nitrogens with one attached hydrogen (secondary N) is 2. The zero-order valence-corrected chi connectivity index (χ0v) is 17.7. The molecule has 1 fully saturated rings. The topological polar surface area (TPSA) is 74.1 Å². The molecule has 0 radical (unpaired) electrons. The minimum atomic E-state index is -0.271. The molecule has 0 aliphatic heterocycles. The third kappa shape index (κ3) is 9.04. The van der Waals surface area contributed by atoms with Crippen LogP contribution in [-0.2, 0) is 11.3 Å². The van der Waals surface area contributed by atoms with Crippen LogP contribution in [0.15, 0.2) is 36.0 Å². The van der Waals surface area contributed by atoms with Crippen LogP contribution in [0.25, 0.3) is 0 Å². The van der Waals surface area contributed by atoms with Crippen molar-refractivity contribution in [2.75, 3.05) is 7.11 Å². The second-order valence-electron chi connectivity index (χ2n) is 7.83. The number of methoxy groups -OCH3 is 1. The molecule has 5 nitrogen and oxygen atoms in total. The number of benzene rings is 1. The van der Waals surface area contributed by atoms with Crippen LogP contribution in [0.2, 0.25) is 0 Å². The first-order chi connectivity index (χ1) is 14.2. The van der Waals surface area contributed by atoms with Crippen molar-refractivity contribution in [3.8, 4) is 11.8 Å². The zero-order chi connectivity index (χ0) is 20.7. The van der Waals surface area contributed by atoms with Gasteiger partial charge in [-0.15, -0.1) is 0 Å². The highest BCUT2D eigenvalue weighted by Crippen LogP contribution is 2.17. The molecule has 1 aromatic rings. The summed E-state index contributed by atoms with van der Waals surface area (Å²) in [5, 5.41) is 15.6. The fourth-order valence-corrected chi connectivity index (χ4v) is 3.73. The van der Waals surface area contributed by atoms with Crippen LogP contribution >= 0.6 is 0 Å². The highest BCUT2D eigenvalue weighted by molar-refractivity contribution is 5.97. The molecule has 0 aromatic heterocycles. The lowest BCUT2D eigenvalue weighted by atomic mass is 9.98. The van der Waals surface area contributed by atoms with E-state index in [1.807, 2.05) is 30.3 Å². The average molecular weight is 398 g/mol. The molecule has 158 valence electrons. The van der Waals surface area contributed by atoms with E-state index in [1.165, 1.54) is 51.1 Å². The van der Waals surface area contributed by atoms with E-state index >= 15 is 0 Å². The predicted molar refractivity (Wildman–Crippen MR) is 116 cm³/mol. The fourth-order valence-electron chi connectivity index (χ4n) is 3.73. The van der Waals surface area contributed by atoms with E-state index in [9.17, 15) is 10.1 Å². The van der Waals surface area contributed by atoms with Gasteiger partial charge in [0.05, 0.1) is 7.11 Å². The summed E-state index contributed by atoms with van der Waals surface area (Å²) in [6.07, 6.45) is 14.9. The number of amides is 1. The van der Waals surface area contributed by atoms with Crippen LogP contribution in [0.1, 0.15) is 76.2 Å². The molecule has 0 unspecified atom stereocenters. The molecule has 0 spiro atoms. The number of hydrogen-bond acceptors (Lipinski definition) is 4. The smallest absolute Gasteiger partial charge is 0.263 e. The van der Waals surface area contributed by atoms with Crippen molar-refractivity contribution in [3.63, 3.8) is 0 Å². The van der Waals surface area contributed by atoms with E-state index < -0.39 is 0 Å². The van der Waals surface area contributed by atoms with E-state index in [2.05, 4.69) is 10.6 Å². The number of nitriles is 1. The van der Waals surface area contributed by atoms with Crippen molar-refractivity contribution >= 4 is 5.91 Å². The molecule has 0 bridgehead atoms. The molecule has 0 atom stereocenters. The number of ether oxygens (including phenoxy) is 1. The molecule has 2 N–H and O–H groups in total. The van der Waals surface area contributed by atoms with E-state index in [0.29, 0.717) is 6.54 Å². The Labute approximate surface area is 175 Å². The number of hydrogen-bond donors (Lipinski definition) is 2. The van der Waals surface area contributed by atoms with Crippen LogP contribution in [-0.4, -0.2) is 19.1 Å². The lowest BCUT2D eigenvalue weighted by Crippen LogP contribution is -2.36. The maximum absolute atomic E-state index is 12.6. The fraction of sp³-hybridized carbons (Fsp3) is 0.583. The van der Waals surface area contributed by atoms with Crippen molar-refractivity contribution in [1.82, 2.24) is 10.6 Å². The second-order valence-corrected chi connectivity index (χ2v) is 7.83. The maximum atomic E-state index is 12.6. The maximum Gasteiger partial charge on any atom is 0.263 e. The van der Waals surface area contributed by atoms with Gasteiger partial charge in [-0.25, -0.2) is 0 Å². The highest BCUT2D eigenvalue weighted by atomic mass is 16.5. The normalized spacial score (nSPS) is 17.3. The van der Waals surface area contributed by atoms with E-state index in [1.54, 1.807) is 7.11 Å². The van der Waals surface area contributed by atoms with Crippen molar-refractivity contribution in [2.24, 2.45) is 0 Å². The van der Waals surface area contributed by atoms with Crippen molar-refractivity contribution in [3.05, 3.63) is 41.6 Å². The first-order valence-electron chi connectivity index (χ1n) is 11.0. The Kier molecular flexibility index (Phi) is 10.7. The number of carbonyl (C=O) groups excluding carboxylic acids is 1. The standard InChI is InChI=1S/C24H35N3O2/c1-29-23-15-13-20(14-16-23)18-26-19-21(17-25)24(28)27-22-11-9-7-5-3-2-4-6-8-10-12-22/h13-16,19,22,26H,2-12,18H2,1H3,(H,27,28)/b21-19-. The molecule has 1 aliphatic rings. The van der Waals surface area contributed by atoms with Crippen LogP contribution in [0.4, 0.5) is 0 Å². The van der Waals surface area contributed by atoms with Gasteiger partial charge in [-0.3, -0.25) is 4.79 Å². The minimum Gasteiger partial charge on any atom is -0.497 e. The summed E-state index contributed by atoms with van der Waals surface area (Å²) in [4.78, 5) is 12.6. The Morgan fingerprint density at radius 1 is 1.03 bits per heavy atom. The molecule has 2 rings (SSSR count). The van der Waals surface area contributed by atoms with Gasteiger partial charge < -0.3 is 15.4 Å². The third-order valence-electron chi connectivity index (χ3n) is 5.52. The van der Waals surface area contributed by atoms with Gasteiger partial charge in [-0.2, -0.15) is 5.26 Å². The summed E-state index contributed by atoms with van der Waals surface area (Å²) in [5.74, 6) is 0.533. The molecule has 5 heteroatoms. The molecule has 1 aromatic carbocycles. The van der Waals surface area contributed by atoms with Crippen LogP contribution in [0, 0.1) is 11.3 Å². The lowest BCUT2D eigenvalue weighted by molar-refractivity contribution is -0.117. The third-order valence-corrected chi connectivity index (χ3v) is 5.52. The predicted octanol–water partition coefficient (Wildman–Crippen LogP) is 4.98. The van der Waals surface area contributed by atoms with Crippen LogP contribution < -0.4 is 15.4 Å². The van der Waals surface area contributed by atoms with E-state index in [0.717, 1.165) is 37.0 Å². The Balaban J connectivity index is 1.84. The Hall–Kier alpha value is -2.48. The summed E-state index contributed by atoms with van der Waals surface area (Å²) in [6, 6.07) is 9.89. The summed E-state index contributed by atoms with van der Waals surface area (Å²) >= 11 is 0. The Morgan fingerprint density at radius 2 is 1.59 bits per heavy atom. The first kappa shape index (κ1) is 22.8. The van der Waals surface area contributed by atoms with Crippen molar-refractivity contribution in [2.45, 2.75) is 83.2 Å². The minimum absolute atomic E-state index is 0.129. The Bertz CT molecular complexity index is 664. The second kappa shape index (κ2) is 13.7. The summed E-state index contributed by atoms with van der Waals surface area (Å²) in [7, 11) is 1.64. The molecule has 29 heavy (non-hydrogen) atoms. The highest BCUT2D eigenvalue weighted by Gasteiger charge is 2.16. The molecular weight excluding hydrogens is 362 g/mol. The van der Waals surface area contributed by atoms with Gasteiger partial charge >= 0.3 is 0 Å². The van der Waals surface area contributed by atoms with Crippen LogP contribution in [0.3, 0.4) is 0 Å². The van der Waals surface area contributed by atoms with E-state index in [4.69, 9.17) is 4.74 Å².